The van der Waals surface area contributed by atoms with E-state index in [0.717, 1.165) is 11.1 Å². The Kier molecular flexibility index (Phi) is 5.89. The second-order valence-electron chi connectivity index (χ2n) is 7.00. The van der Waals surface area contributed by atoms with E-state index in [1.54, 1.807) is 62.4 Å². The maximum absolute atomic E-state index is 10.8. The van der Waals surface area contributed by atoms with Gasteiger partial charge in [0.15, 0.2) is 0 Å². The van der Waals surface area contributed by atoms with Crippen molar-refractivity contribution < 1.29 is 10.2 Å². The SMILES string of the molecule is CC(O)(Cc1nnc(CC(C)(O)c2ccc(Cl)cc2)s1)c1ccc(Cl)cc1. The molecule has 3 aromatic rings. The van der Waals surface area contributed by atoms with Crippen molar-refractivity contribution >= 4 is 34.5 Å². The molecule has 0 aliphatic carbocycles. The topological polar surface area (TPSA) is 66.2 Å². The third-order valence-corrected chi connectivity index (χ3v) is 5.86. The van der Waals surface area contributed by atoms with E-state index < -0.39 is 11.2 Å². The largest absolute Gasteiger partial charge is 0.385 e. The van der Waals surface area contributed by atoms with Crippen LogP contribution in [0.2, 0.25) is 10.0 Å². The van der Waals surface area contributed by atoms with Gasteiger partial charge in [-0.25, -0.2) is 0 Å². The fourth-order valence-electron chi connectivity index (χ4n) is 2.84. The monoisotopic (exact) mass is 422 g/mol. The standard InChI is InChI=1S/C20H20Cl2N2O2S/c1-19(25,13-3-7-15(21)8-4-13)11-17-23-24-18(27-17)12-20(2,26)14-5-9-16(22)10-6-14/h3-10,25-26H,11-12H2,1-2H3. The van der Waals surface area contributed by atoms with E-state index in [2.05, 4.69) is 10.2 Å². The molecule has 0 aliphatic rings. The maximum atomic E-state index is 10.8. The van der Waals surface area contributed by atoms with Crippen LogP contribution in [0.15, 0.2) is 48.5 Å². The summed E-state index contributed by atoms with van der Waals surface area (Å²) in [6, 6.07) is 14.2. The van der Waals surface area contributed by atoms with E-state index in [0.29, 0.717) is 32.9 Å². The van der Waals surface area contributed by atoms with Gasteiger partial charge in [0.05, 0.1) is 11.2 Å². The lowest BCUT2D eigenvalue weighted by molar-refractivity contribution is 0.0566. The van der Waals surface area contributed by atoms with Crippen LogP contribution in [0.1, 0.15) is 35.0 Å². The van der Waals surface area contributed by atoms with E-state index in [4.69, 9.17) is 23.2 Å². The van der Waals surface area contributed by atoms with Crippen LogP contribution < -0.4 is 0 Å². The molecule has 7 heteroatoms. The van der Waals surface area contributed by atoms with E-state index >= 15 is 0 Å². The molecule has 2 unspecified atom stereocenters. The summed E-state index contributed by atoms with van der Waals surface area (Å²) in [5.74, 6) is 0. The summed E-state index contributed by atoms with van der Waals surface area (Å²) in [6.45, 7) is 3.47. The Balaban J connectivity index is 1.72. The fraction of sp³-hybridized carbons (Fsp3) is 0.300. The molecule has 2 aromatic carbocycles. The van der Waals surface area contributed by atoms with Gasteiger partial charge in [0, 0.05) is 22.9 Å². The second-order valence-corrected chi connectivity index (χ2v) is 9.02. The van der Waals surface area contributed by atoms with Crippen LogP contribution in [0.4, 0.5) is 0 Å². The molecule has 0 fully saturated rings. The number of nitrogens with zero attached hydrogens (tertiary/aromatic N) is 2. The van der Waals surface area contributed by atoms with Gasteiger partial charge in [0.2, 0.25) is 0 Å². The molecular weight excluding hydrogens is 403 g/mol. The normalized spacial score (nSPS) is 15.9. The molecule has 0 aliphatic heterocycles. The van der Waals surface area contributed by atoms with Crippen LogP contribution in [0, 0.1) is 0 Å². The number of hydrogen-bond acceptors (Lipinski definition) is 5. The number of rotatable bonds is 6. The van der Waals surface area contributed by atoms with E-state index in [1.807, 2.05) is 0 Å². The first-order chi connectivity index (χ1) is 12.7. The number of hydrogen-bond donors (Lipinski definition) is 2. The van der Waals surface area contributed by atoms with Crippen molar-refractivity contribution in [3.8, 4) is 0 Å². The van der Waals surface area contributed by atoms with Crippen molar-refractivity contribution in [3.05, 3.63) is 79.7 Å². The molecule has 1 aromatic heterocycles. The van der Waals surface area contributed by atoms with E-state index in [1.165, 1.54) is 11.3 Å². The Bertz CT molecular complexity index is 832. The molecule has 0 bridgehead atoms. The zero-order valence-corrected chi connectivity index (χ0v) is 17.3. The summed E-state index contributed by atoms with van der Waals surface area (Å²) < 4.78 is 0. The summed E-state index contributed by atoms with van der Waals surface area (Å²) in [7, 11) is 0. The molecule has 0 saturated carbocycles. The average Bonchev–Trinajstić information content (AvgIpc) is 3.01. The molecule has 0 spiro atoms. The van der Waals surface area contributed by atoms with Crippen LogP contribution in [0.5, 0.6) is 0 Å². The lowest BCUT2D eigenvalue weighted by Gasteiger charge is -2.23. The van der Waals surface area contributed by atoms with Gasteiger partial charge < -0.3 is 10.2 Å². The van der Waals surface area contributed by atoms with E-state index in [-0.39, 0.29) is 0 Å². The highest BCUT2D eigenvalue weighted by atomic mass is 35.5. The maximum Gasteiger partial charge on any atom is 0.120 e. The predicted octanol–water partition coefficient (Wildman–Crippen LogP) is 4.75. The van der Waals surface area contributed by atoms with Crippen molar-refractivity contribution in [1.29, 1.82) is 0 Å². The quantitative estimate of drug-likeness (QED) is 0.601. The third kappa shape index (κ3) is 5.06. The summed E-state index contributed by atoms with van der Waals surface area (Å²) in [6.07, 6.45) is 0.658. The summed E-state index contributed by atoms with van der Waals surface area (Å²) in [5.41, 5.74) is -0.645. The summed E-state index contributed by atoms with van der Waals surface area (Å²) >= 11 is 13.2. The number of halogens is 2. The third-order valence-electron chi connectivity index (χ3n) is 4.43. The molecule has 142 valence electrons. The highest BCUT2D eigenvalue weighted by Gasteiger charge is 2.28. The fourth-order valence-corrected chi connectivity index (χ4v) is 4.24. The molecule has 2 N–H and O–H groups in total. The first-order valence-electron chi connectivity index (χ1n) is 8.44. The van der Waals surface area contributed by atoms with Gasteiger partial charge in [-0.1, -0.05) is 47.5 Å². The highest BCUT2D eigenvalue weighted by Crippen LogP contribution is 2.31. The van der Waals surface area contributed by atoms with Gasteiger partial charge in [0.1, 0.15) is 10.0 Å². The minimum Gasteiger partial charge on any atom is -0.385 e. The van der Waals surface area contributed by atoms with Crippen LogP contribution in [0.25, 0.3) is 0 Å². The molecule has 0 amide bonds. The first-order valence-corrected chi connectivity index (χ1v) is 10.0. The molecule has 27 heavy (non-hydrogen) atoms. The van der Waals surface area contributed by atoms with Crippen LogP contribution in [-0.4, -0.2) is 20.4 Å². The zero-order chi connectivity index (χ0) is 19.7. The Hall–Kier alpha value is -1.50. The minimum atomic E-state index is -1.08. The molecule has 1 heterocycles. The molecular formula is C20H20Cl2N2O2S. The minimum absolute atomic E-state index is 0.329. The van der Waals surface area contributed by atoms with Crippen LogP contribution in [-0.2, 0) is 24.0 Å². The number of benzene rings is 2. The van der Waals surface area contributed by atoms with Gasteiger partial charge in [0.25, 0.3) is 0 Å². The van der Waals surface area contributed by atoms with Crippen molar-refractivity contribution in [1.82, 2.24) is 10.2 Å². The Morgan fingerprint density at radius 2 is 1.07 bits per heavy atom. The molecule has 2 atom stereocenters. The Morgan fingerprint density at radius 1 is 0.741 bits per heavy atom. The van der Waals surface area contributed by atoms with Gasteiger partial charge in [-0.15, -0.1) is 21.5 Å². The second kappa shape index (κ2) is 7.86. The van der Waals surface area contributed by atoms with E-state index in [9.17, 15) is 10.2 Å². The number of aromatic nitrogens is 2. The Labute approximate surface area is 172 Å². The van der Waals surface area contributed by atoms with Gasteiger partial charge in [-0.2, -0.15) is 0 Å². The van der Waals surface area contributed by atoms with Crippen molar-refractivity contribution in [2.45, 2.75) is 37.9 Å². The van der Waals surface area contributed by atoms with Gasteiger partial charge >= 0.3 is 0 Å². The Morgan fingerprint density at radius 3 is 1.41 bits per heavy atom. The van der Waals surface area contributed by atoms with Crippen LogP contribution in [0.3, 0.4) is 0 Å². The highest BCUT2D eigenvalue weighted by molar-refractivity contribution is 7.11. The van der Waals surface area contributed by atoms with Crippen LogP contribution >= 0.6 is 34.5 Å². The molecule has 3 rings (SSSR count). The summed E-state index contributed by atoms with van der Waals surface area (Å²) in [4.78, 5) is 0. The molecule has 4 nitrogen and oxygen atoms in total. The van der Waals surface area contributed by atoms with Gasteiger partial charge in [-0.3, -0.25) is 0 Å². The number of aliphatic hydroxyl groups is 2. The lowest BCUT2D eigenvalue weighted by atomic mass is 9.93. The molecule has 0 radical (unpaired) electrons. The lowest BCUT2D eigenvalue weighted by Crippen LogP contribution is -2.24. The average molecular weight is 423 g/mol. The zero-order valence-electron chi connectivity index (χ0n) is 15.0. The first kappa shape index (κ1) is 20.2. The smallest absolute Gasteiger partial charge is 0.120 e. The molecule has 0 saturated heterocycles. The van der Waals surface area contributed by atoms with Crippen molar-refractivity contribution in [2.75, 3.05) is 0 Å². The summed E-state index contributed by atoms with van der Waals surface area (Å²) in [5, 5.41) is 32.6. The van der Waals surface area contributed by atoms with Gasteiger partial charge in [-0.05, 0) is 49.2 Å². The van der Waals surface area contributed by atoms with Crippen molar-refractivity contribution in [2.24, 2.45) is 0 Å². The predicted molar refractivity (Wildman–Crippen MR) is 109 cm³/mol. The van der Waals surface area contributed by atoms with Crippen molar-refractivity contribution in [3.63, 3.8) is 0 Å².